The second-order valence-corrected chi connectivity index (χ2v) is 10.5. The molecule has 6 rings (SSSR count). The van der Waals surface area contributed by atoms with Crippen LogP contribution in [0.3, 0.4) is 0 Å². The topological polar surface area (TPSA) is 88.1 Å². The smallest absolute Gasteiger partial charge is 0.282 e. The molecule has 0 aliphatic rings. The molecular weight excluding hydrogens is 641 g/mol. The number of ether oxygens (including phenoxy) is 3. The number of halogens is 3. The first-order chi connectivity index (χ1) is 20.9. The van der Waals surface area contributed by atoms with E-state index in [0.717, 1.165) is 5.39 Å². The fourth-order valence-electron chi connectivity index (χ4n) is 4.60. The lowest BCUT2D eigenvalue weighted by atomic mass is 10.2. The third-order valence-electron chi connectivity index (χ3n) is 6.68. The number of hydrogen-bond donors (Lipinski definition) is 0. The Morgan fingerprint density at radius 1 is 1.00 bits per heavy atom. The summed E-state index contributed by atoms with van der Waals surface area (Å²) in [7, 11) is 3.05. The van der Waals surface area contributed by atoms with Crippen molar-refractivity contribution in [1.82, 2.24) is 9.66 Å². The van der Waals surface area contributed by atoms with Crippen LogP contribution in [0.4, 0.5) is 4.39 Å². The molecule has 4 aromatic carbocycles. The molecule has 6 aromatic rings. The van der Waals surface area contributed by atoms with Crippen LogP contribution in [0.15, 0.2) is 97.6 Å². The van der Waals surface area contributed by atoms with E-state index in [4.69, 9.17) is 35.2 Å². The molecule has 0 atom stereocenters. The third-order valence-corrected chi connectivity index (χ3v) is 8.12. The predicted octanol–water partition coefficient (Wildman–Crippen LogP) is 7.84. The largest absolute Gasteiger partial charge is 0.496 e. The summed E-state index contributed by atoms with van der Waals surface area (Å²) in [5.74, 6) is 1.36. The second-order valence-electron chi connectivity index (χ2n) is 9.34. The summed E-state index contributed by atoms with van der Waals surface area (Å²) in [5, 5.41) is 5.85. The van der Waals surface area contributed by atoms with Gasteiger partial charge >= 0.3 is 0 Å². The third kappa shape index (κ3) is 5.47. The van der Waals surface area contributed by atoms with E-state index in [9.17, 15) is 9.18 Å². The zero-order valence-corrected chi connectivity index (χ0v) is 25.1. The Labute approximate surface area is 258 Å². The van der Waals surface area contributed by atoms with E-state index in [2.05, 4.69) is 21.0 Å². The van der Waals surface area contributed by atoms with Crippen LogP contribution in [0.25, 0.3) is 33.5 Å². The van der Waals surface area contributed by atoms with E-state index in [-0.39, 0.29) is 29.0 Å². The first-order valence-corrected chi connectivity index (χ1v) is 14.1. The van der Waals surface area contributed by atoms with Gasteiger partial charge in [0.2, 0.25) is 5.82 Å². The first kappa shape index (κ1) is 28.4. The van der Waals surface area contributed by atoms with Gasteiger partial charge in [-0.25, -0.2) is 9.37 Å². The number of benzene rings is 4. The molecule has 0 unspecified atom stereocenters. The van der Waals surface area contributed by atoms with Gasteiger partial charge in [-0.2, -0.15) is 9.78 Å². The minimum Gasteiger partial charge on any atom is -0.496 e. The van der Waals surface area contributed by atoms with Gasteiger partial charge in [-0.1, -0.05) is 41.9 Å². The van der Waals surface area contributed by atoms with E-state index in [1.54, 1.807) is 61.7 Å². The number of methoxy groups -OCH3 is 2. The van der Waals surface area contributed by atoms with Gasteiger partial charge in [0.15, 0.2) is 17.3 Å². The average Bonchev–Trinajstić information content (AvgIpc) is 3.46. The van der Waals surface area contributed by atoms with E-state index < -0.39 is 5.56 Å². The molecule has 0 aliphatic carbocycles. The van der Waals surface area contributed by atoms with Gasteiger partial charge in [0.05, 0.1) is 36.7 Å². The van der Waals surface area contributed by atoms with Gasteiger partial charge in [-0.15, -0.1) is 0 Å². The van der Waals surface area contributed by atoms with E-state index in [1.807, 2.05) is 12.1 Å². The molecule has 2 heterocycles. The van der Waals surface area contributed by atoms with Crippen LogP contribution in [0, 0.1) is 5.82 Å². The highest BCUT2D eigenvalue weighted by atomic mass is 79.9. The lowest BCUT2D eigenvalue weighted by molar-refractivity contribution is 0.284. The van der Waals surface area contributed by atoms with E-state index >= 15 is 0 Å². The number of rotatable bonds is 8. The Balaban J connectivity index is 1.44. The van der Waals surface area contributed by atoms with Crippen LogP contribution < -0.4 is 19.8 Å². The molecule has 11 heteroatoms. The van der Waals surface area contributed by atoms with Crippen LogP contribution in [0.1, 0.15) is 11.1 Å². The molecule has 0 radical (unpaired) electrons. The Morgan fingerprint density at radius 3 is 2.58 bits per heavy atom. The summed E-state index contributed by atoms with van der Waals surface area (Å²) in [6, 6.07) is 21.9. The normalized spacial score (nSPS) is 11.5. The van der Waals surface area contributed by atoms with E-state index in [0.29, 0.717) is 49.3 Å². The maximum atomic E-state index is 13.7. The molecule has 0 fully saturated rings. The fraction of sp³-hybridized carbons (Fsp3) is 0.0938. The van der Waals surface area contributed by atoms with Crippen molar-refractivity contribution < 1.29 is 23.0 Å². The molecule has 0 saturated carbocycles. The molecule has 0 spiro atoms. The van der Waals surface area contributed by atoms with Crippen molar-refractivity contribution in [3.8, 4) is 28.8 Å². The molecule has 0 N–H and O–H groups in total. The second kappa shape index (κ2) is 11.9. The zero-order chi connectivity index (χ0) is 30.1. The van der Waals surface area contributed by atoms with Crippen molar-refractivity contribution >= 4 is 55.6 Å². The summed E-state index contributed by atoms with van der Waals surface area (Å²) in [6.45, 7) is 0.0670. The molecule has 0 bridgehead atoms. The van der Waals surface area contributed by atoms with Crippen molar-refractivity contribution in [3.05, 3.63) is 116 Å². The van der Waals surface area contributed by atoms with E-state index in [1.165, 1.54) is 30.1 Å². The molecule has 0 aliphatic heterocycles. The Hall–Kier alpha value is -4.67. The van der Waals surface area contributed by atoms with Crippen LogP contribution in [-0.2, 0) is 6.61 Å². The molecule has 43 heavy (non-hydrogen) atoms. The minimum atomic E-state index is -0.395. The number of furan rings is 1. The summed E-state index contributed by atoms with van der Waals surface area (Å²) in [6.07, 6.45) is 1.46. The molecule has 2 aromatic heterocycles. The minimum absolute atomic E-state index is 0.0670. The van der Waals surface area contributed by atoms with Crippen molar-refractivity contribution in [2.75, 3.05) is 14.2 Å². The first-order valence-electron chi connectivity index (χ1n) is 12.9. The van der Waals surface area contributed by atoms with Crippen molar-refractivity contribution in [1.29, 1.82) is 0 Å². The summed E-state index contributed by atoms with van der Waals surface area (Å²) in [4.78, 5) is 18.4. The quantitative estimate of drug-likeness (QED) is 0.154. The number of fused-ring (bicyclic) bond motifs is 2. The highest BCUT2D eigenvalue weighted by molar-refractivity contribution is 9.10. The predicted molar refractivity (Wildman–Crippen MR) is 167 cm³/mol. The number of nitrogens with zero attached hydrogens (tertiary/aromatic N) is 3. The maximum Gasteiger partial charge on any atom is 0.282 e. The lowest BCUT2D eigenvalue weighted by Gasteiger charge is -2.15. The maximum absolute atomic E-state index is 13.7. The van der Waals surface area contributed by atoms with Gasteiger partial charge in [0, 0.05) is 10.0 Å². The van der Waals surface area contributed by atoms with Crippen LogP contribution in [-0.4, -0.2) is 30.1 Å². The lowest BCUT2D eigenvalue weighted by Crippen LogP contribution is -2.20. The SMILES string of the molecule is COc1cc(C=Nn2c(-c3cc4c(OC)cccc4o3)nc3ccccc3c2=O)c(Br)c(Cl)c1OCc1cccc(F)c1. The summed E-state index contributed by atoms with van der Waals surface area (Å²) >= 11 is 10.2. The Kier molecular flexibility index (Phi) is 7.88. The fourth-order valence-corrected chi connectivity index (χ4v) is 5.25. The van der Waals surface area contributed by atoms with Crippen LogP contribution in [0.2, 0.25) is 5.02 Å². The van der Waals surface area contributed by atoms with Gasteiger partial charge in [-0.05, 0) is 70.0 Å². The zero-order valence-electron chi connectivity index (χ0n) is 22.8. The molecule has 216 valence electrons. The van der Waals surface area contributed by atoms with Gasteiger partial charge in [0.25, 0.3) is 5.56 Å². The number of hydrogen-bond acceptors (Lipinski definition) is 7. The standard InChI is InChI=1S/C32H22BrClFN3O5/c1-40-24-11-6-12-25-22(24)15-27(43-25)31-37-23-10-4-3-9-21(23)32(39)38(31)36-16-19-14-26(41-2)30(29(34)28(19)33)42-17-18-7-5-8-20(35)13-18/h3-16H,17H2,1-2H3. The number of para-hydroxylation sites is 1. The molecule has 0 saturated heterocycles. The highest BCUT2D eigenvalue weighted by Crippen LogP contribution is 2.42. The van der Waals surface area contributed by atoms with Crippen molar-refractivity contribution in [2.24, 2.45) is 5.10 Å². The van der Waals surface area contributed by atoms with Crippen molar-refractivity contribution in [3.63, 3.8) is 0 Å². The summed E-state index contributed by atoms with van der Waals surface area (Å²) < 4.78 is 38.3. The average molecular weight is 663 g/mol. The van der Waals surface area contributed by atoms with Gasteiger partial charge < -0.3 is 18.6 Å². The van der Waals surface area contributed by atoms with Crippen LogP contribution >= 0.6 is 27.5 Å². The Bertz CT molecular complexity index is 2090. The highest BCUT2D eigenvalue weighted by Gasteiger charge is 2.20. The van der Waals surface area contributed by atoms with Crippen LogP contribution in [0.5, 0.6) is 17.2 Å². The van der Waals surface area contributed by atoms with Gasteiger partial charge in [-0.3, -0.25) is 4.79 Å². The van der Waals surface area contributed by atoms with Crippen molar-refractivity contribution in [2.45, 2.75) is 6.61 Å². The molecule has 8 nitrogen and oxygen atoms in total. The number of aromatic nitrogens is 2. The molecule has 0 amide bonds. The molecular formula is C32H22BrClFN3O5. The monoisotopic (exact) mass is 661 g/mol. The van der Waals surface area contributed by atoms with Gasteiger partial charge in [0.1, 0.15) is 28.8 Å². The Morgan fingerprint density at radius 2 is 1.79 bits per heavy atom. The summed E-state index contributed by atoms with van der Waals surface area (Å²) in [5.41, 5.74) is 1.79.